The third kappa shape index (κ3) is 7.23. The molecular weight excluding hydrogens is 494 g/mol. The van der Waals surface area contributed by atoms with E-state index in [1.165, 1.54) is 14.2 Å². The number of hydrogen-bond acceptors (Lipinski definition) is 6. The van der Waals surface area contributed by atoms with Gasteiger partial charge < -0.3 is 14.8 Å². The fraction of sp³-hybridized carbons (Fsp3) is 0.259. The maximum atomic E-state index is 13.1. The molecule has 9 nitrogen and oxygen atoms in total. The van der Waals surface area contributed by atoms with E-state index in [-0.39, 0.29) is 0 Å². The molecule has 0 spiro atoms. The average Bonchev–Trinajstić information content (AvgIpc) is 2.82. The van der Waals surface area contributed by atoms with Crippen molar-refractivity contribution < 1.29 is 27.5 Å². The van der Waals surface area contributed by atoms with Crippen LogP contribution < -0.4 is 19.7 Å². The van der Waals surface area contributed by atoms with Crippen LogP contribution in [0.4, 0.5) is 21.9 Å². The van der Waals surface area contributed by atoms with Crippen LogP contribution in [-0.2, 0) is 14.8 Å². The zero-order chi connectivity index (χ0) is 27.4. The van der Waals surface area contributed by atoms with Crippen molar-refractivity contribution in [1.82, 2.24) is 0 Å². The van der Waals surface area contributed by atoms with Crippen LogP contribution in [0.1, 0.15) is 31.1 Å². The van der Waals surface area contributed by atoms with Crippen LogP contribution in [0.15, 0.2) is 66.7 Å². The highest BCUT2D eigenvalue weighted by atomic mass is 32.2. The maximum Gasteiger partial charge on any atom is 0.412 e. The summed E-state index contributed by atoms with van der Waals surface area (Å²) in [4.78, 5) is 25.1. The number of carbonyl (C=O) groups is 2. The van der Waals surface area contributed by atoms with Gasteiger partial charge in [-0.15, -0.1) is 0 Å². The van der Waals surface area contributed by atoms with Gasteiger partial charge in [-0.2, -0.15) is 0 Å². The minimum atomic E-state index is -3.59. The van der Waals surface area contributed by atoms with E-state index in [0.717, 1.165) is 21.7 Å². The Balaban J connectivity index is 1.94. The SMILES string of the molecule is COc1ccccc1C(=O)Nc1cc(-c2ccc(NC(=O)OC(C)(C)C)cc2)ccc1N(C)S(C)(=O)=O. The number of carbonyl (C=O) groups excluding carboxylic acids is 2. The third-order valence-corrected chi connectivity index (χ3v) is 6.49. The molecule has 0 bridgehead atoms. The first-order valence-electron chi connectivity index (χ1n) is 11.4. The number of nitrogens with one attached hydrogen (secondary N) is 2. The van der Waals surface area contributed by atoms with Crippen LogP contribution in [0.5, 0.6) is 5.75 Å². The molecule has 0 aliphatic carbocycles. The number of benzene rings is 3. The first kappa shape index (κ1) is 27.5. The molecule has 0 unspecified atom stereocenters. The first-order chi connectivity index (χ1) is 17.3. The molecule has 196 valence electrons. The van der Waals surface area contributed by atoms with Gasteiger partial charge in [-0.3, -0.25) is 14.4 Å². The fourth-order valence-corrected chi connectivity index (χ4v) is 3.97. The molecule has 0 fully saturated rings. The standard InChI is InChI=1S/C27H31N3O6S/c1-27(2,3)36-26(32)28-20-14-11-18(12-15-20)19-13-16-23(30(4)37(6,33)34)22(17-19)29-25(31)21-9-7-8-10-24(21)35-5/h7-17H,1-6H3,(H,28,32)(H,29,31). The van der Waals surface area contributed by atoms with Crippen molar-refractivity contribution in [2.75, 3.05) is 35.4 Å². The summed E-state index contributed by atoms with van der Waals surface area (Å²) >= 11 is 0. The number of anilines is 3. The average molecular weight is 526 g/mol. The Labute approximate surface area is 217 Å². The second-order valence-corrected chi connectivity index (χ2v) is 11.3. The summed E-state index contributed by atoms with van der Waals surface area (Å²) in [5.41, 5.74) is 2.36. The van der Waals surface area contributed by atoms with Gasteiger partial charge >= 0.3 is 6.09 Å². The quantitative estimate of drug-likeness (QED) is 0.429. The van der Waals surface area contributed by atoms with Crippen LogP contribution in [0.2, 0.25) is 0 Å². The Morgan fingerprint density at radius 2 is 1.51 bits per heavy atom. The number of sulfonamides is 1. The monoisotopic (exact) mass is 525 g/mol. The van der Waals surface area contributed by atoms with E-state index in [9.17, 15) is 18.0 Å². The molecule has 3 aromatic rings. The van der Waals surface area contributed by atoms with Gasteiger partial charge in [-0.05, 0) is 68.3 Å². The van der Waals surface area contributed by atoms with E-state index in [2.05, 4.69) is 10.6 Å². The summed E-state index contributed by atoms with van der Waals surface area (Å²) in [6.07, 6.45) is 0.526. The van der Waals surface area contributed by atoms with Crippen molar-refractivity contribution in [3.05, 3.63) is 72.3 Å². The minimum Gasteiger partial charge on any atom is -0.496 e. The summed E-state index contributed by atoms with van der Waals surface area (Å²) in [7, 11) is -0.708. The predicted octanol–water partition coefficient (Wildman–Crippen LogP) is 5.36. The molecule has 37 heavy (non-hydrogen) atoms. The van der Waals surface area contributed by atoms with Gasteiger partial charge in [0.2, 0.25) is 10.0 Å². The van der Waals surface area contributed by atoms with E-state index in [1.807, 2.05) is 0 Å². The molecule has 0 aliphatic heterocycles. The Hall–Kier alpha value is -4.05. The Morgan fingerprint density at radius 3 is 2.11 bits per heavy atom. The van der Waals surface area contributed by atoms with E-state index < -0.39 is 27.6 Å². The lowest BCUT2D eigenvalue weighted by Gasteiger charge is -2.22. The van der Waals surface area contributed by atoms with Crippen LogP contribution in [0.25, 0.3) is 11.1 Å². The largest absolute Gasteiger partial charge is 0.496 e. The van der Waals surface area contributed by atoms with Gasteiger partial charge in [0.05, 0.1) is 30.3 Å². The fourth-order valence-electron chi connectivity index (χ4n) is 3.46. The van der Waals surface area contributed by atoms with Crippen molar-refractivity contribution in [3.8, 4) is 16.9 Å². The molecule has 0 aliphatic rings. The summed E-state index contributed by atoms with van der Waals surface area (Å²) < 4.78 is 36.2. The smallest absolute Gasteiger partial charge is 0.412 e. The summed E-state index contributed by atoms with van der Waals surface area (Å²) in [6, 6.07) is 18.9. The van der Waals surface area contributed by atoms with E-state index >= 15 is 0 Å². The van der Waals surface area contributed by atoms with Crippen molar-refractivity contribution in [3.63, 3.8) is 0 Å². The van der Waals surface area contributed by atoms with Crippen molar-refractivity contribution in [2.24, 2.45) is 0 Å². The van der Waals surface area contributed by atoms with E-state index in [1.54, 1.807) is 87.5 Å². The molecule has 0 atom stereocenters. The maximum absolute atomic E-state index is 13.1. The van der Waals surface area contributed by atoms with Crippen LogP contribution >= 0.6 is 0 Å². The van der Waals surface area contributed by atoms with Gasteiger partial charge in [0, 0.05) is 12.7 Å². The molecule has 3 aromatic carbocycles. The summed E-state index contributed by atoms with van der Waals surface area (Å²) in [6.45, 7) is 5.35. The van der Waals surface area contributed by atoms with Gasteiger partial charge in [-0.25, -0.2) is 13.2 Å². The molecule has 0 aromatic heterocycles. The molecule has 10 heteroatoms. The highest BCUT2D eigenvalue weighted by molar-refractivity contribution is 7.92. The van der Waals surface area contributed by atoms with E-state index in [0.29, 0.717) is 28.4 Å². The van der Waals surface area contributed by atoms with Crippen LogP contribution in [-0.4, -0.2) is 46.4 Å². The Kier molecular flexibility index (Phi) is 8.12. The topological polar surface area (TPSA) is 114 Å². The summed E-state index contributed by atoms with van der Waals surface area (Å²) in [5, 5.41) is 5.51. The Morgan fingerprint density at radius 1 is 0.892 bits per heavy atom. The van der Waals surface area contributed by atoms with Crippen LogP contribution in [0.3, 0.4) is 0 Å². The number of amides is 2. The molecular formula is C27H31N3O6S. The number of para-hydroxylation sites is 1. The third-order valence-electron chi connectivity index (χ3n) is 5.30. The first-order valence-corrected chi connectivity index (χ1v) is 13.3. The highest BCUT2D eigenvalue weighted by Crippen LogP contribution is 2.33. The second-order valence-electron chi connectivity index (χ2n) is 9.32. The Bertz CT molecular complexity index is 1400. The van der Waals surface area contributed by atoms with E-state index in [4.69, 9.17) is 9.47 Å². The minimum absolute atomic E-state index is 0.303. The molecule has 2 N–H and O–H groups in total. The van der Waals surface area contributed by atoms with Crippen molar-refractivity contribution >= 4 is 39.1 Å². The second kappa shape index (κ2) is 10.9. The molecule has 2 amide bonds. The highest BCUT2D eigenvalue weighted by Gasteiger charge is 2.20. The van der Waals surface area contributed by atoms with Gasteiger partial charge in [0.1, 0.15) is 11.4 Å². The number of nitrogens with zero attached hydrogens (tertiary/aromatic N) is 1. The lowest BCUT2D eigenvalue weighted by atomic mass is 10.0. The molecule has 0 saturated heterocycles. The zero-order valence-corrected chi connectivity index (χ0v) is 22.5. The predicted molar refractivity (Wildman–Crippen MR) is 146 cm³/mol. The van der Waals surface area contributed by atoms with Crippen LogP contribution in [0, 0.1) is 0 Å². The van der Waals surface area contributed by atoms with Gasteiger partial charge in [-0.1, -0.05) is 30.3 Å². The lowest BCUT2D eigenvalue weighted by Crippen LogP contribution is -2.27. The number of hydrogen-bond donors (Lipinski definition) is 2. The molecule has 0 radical (unpaired) electrons. The zero-order valence-electron chi connectivity index (χ0n) is 21.7. The van der Waals surface area contributed by atoms with Crippen molar-refractivity contribution in [2.45, 2.75) is 26.4 Å². The number of rotatable bonds is 7. The van der Waals surface area contributed by atoms with Crippen molar-refractivity contribution in [1.29, 1.82) is 0 Å². The normalized spacial score (nSPS) is 11.4. The van der Waals surface area contributed by atoms with Gasteiger partial charge in [0.25, 0.3) is 5.91 Å². The molecule has 3 rings (SSSR count). The number of ether oxygens (including phenoxy) is 2. The number of methoxy groups -OCH3 is 1. The lowest BCUT2D eigenvalue weighted by molar-refractivity contribution is 0.0635. The molecule has 0 saturated carbocycles. The summed E-state index contributed by atoms with van der Waals surface area (Å²) in [5.74, 6) is -0.0584. The van der Waals surface area contributed by atoms with Gasteiger partial charge in [0.15, 0.2) is 0 Å². The molecule has 0 heterocycles.